The number of anilines is 1. The van der Waals surface area contributed by atoms with Crippen LogP contribution in [0.15, 0.2) is 53.5 Å². The monoisotopic (exact) mass is 501 g/mol. The van der Waals surface area contributed by atoms with Crippen molar-refractivity contribution in [1.82, 2.24) is 4.57 Å². The first-order valence-electron chi connectivity index (χ1n) is 10.7. The number of nitrogens with zero attached hydrogens (tertiary/aromatic N) is 3. The summed E-state index contributed by atoms with van der Waals surface area (Å²) >= 11 is 1.16. The van der Waals surface area contributed by atoms with E-state index in [2.05, 4.69) is 4.99 Å². The van der Waals surface area contributed by atoms with Crippen molar-refractivity contribution in [3.63, 3.8) is 0 Å². The molecule has 178 valence electrons. The molecule has 1 aliphatic heterocycles. The largest absolute Gasteiger partial charge is 0.465 e. The normalized spacial score (nSPS) is 13.8. The van der Waals surface area contributed by atoms with Crippen LogP contribution in [-0.2, 0) is 41.9 Å². The Kier molecular flexibility index (Phi) is 6.94. The maximum Gasteiger partial charge on any atom is 0.326 e. The Labute approximate surface area is 200 Å². The summed E-state index contributed by atoms with van der Waals surface area (Å²) in [7, 11) is -4.05. The smallest absolute Gasteiger partial charge is 0.326 e. The van der Waals surface area contributed by atoms with Crippen LogP contribution in [0.4, 0.5) is 5.69 Å². The molecule has 0 saturated heterocycles. The molecule has 2 heterocycles. The Bertz CT molecular complexity index is 1440. The van der Waals surface area contributed by atoms with Crippen LogP contribution >= 0.6 is 11.3 Å². The predicted molar refractivity (Wildman–Crippen MR) is 128 cm³/mol. The van der Waals surface area contributed by atoms with Crippen LogP contribution in [0.3, 0.4) is 0 Å². The van der Waals surface area contributed by atoms with Gasteiger partial charge in [0.25, 0.3) is 5.91 Å². The van der Waals surface area contributed by atoms with E-state index in [9.17, 15) is 22.8 Å². The van der Waals surface area contributed by atoms with E-state index < -0.39 is 39.1 Å². The summed E-state index contributed by atoms with van der Waals surface area (Å²) in [6, 6.07) is 14.5. The molecule has 34 heavy (non-hydrogen) atoms. The predicted octanol–water partition coefficient (Wildman–Crippen LogP) is 1.70. The zero-order valence-electron chi connectivity index (χ0n) is 18.5. The van der Waals surface area contributed by atoms with Crippen LogP contribution in [0, 0.1) is 0 Å². The summed E-state index contributed by atoms with van der Waals surface area (Å²) in [5.74, 6) is -3.65. The van der Waals surface area contributed by atoms with E-state index >= 15 is 0 Å². The molecule has 3 aromatic rings. The highest BCUT2D eigenvalue weighted by molar-refractivity contribution is 7.92. The maximum atomic E-state index is 12.7. The maximum absolute atomic E-state index is 12.7. The Morgan fingerprint density at radius 2 is 1.79 bits per heavy atom. The summed E-state index contributed by atoms with van der Waals surface area (Å²) < 4.78 is 32.6. The molecular weight excluding hydrogens is 478 g/mol. The molecule has 0 bridgehead atoms. The highest BCUT2D eigenvalue weighted by atomic mass is 32.2. The second-order valence-electron chi connectivity index (χ2n) is 7.71. The van der Waals surface area contributed by atoms with Gasteiger partial charge in [0.1, 0.15) is 18.1 Å². The van der Waals surface area contributed by atoms with Crippen molar-refractivity contribution < 1.29 is 27.5 Å². The first kappa shape index (κ1) is 23.8. The molecule has 0 atom stereocenters. The van der Waals surface area contributed by atoms with Crippen LogP contribution < -0.4 is 9.70 Å². The summed E-state index contributed by atoms with van der Waals surface area (Å²) in [5.41, 5.74) is 2.36. The van der Waals surface area contributed by atoms with E-state index in [1.165, 1.54) is 9.47 Å². The number of fused-ring (bicyclic) bond motifs is 2. The van der Waals surface area contributed by atoms with Crippen molar-refractivity contribution in [2.75, 3.05) is 29.6 Å². The number of hydrogen-bond acceptors (Lipinski definition) is 7. The van der Waals surface area contributed by atoms with Gasteiger partial charge in [-0.1, -0.05) is 41.7 Å². The zero-order chi connectivity index (χ0) is 24.3. The summed E-state index contributed by atoms with van der Waals surface area (Å²) in [6.07, 6.45) is 0.655. The Hall–Kier alpha value is -3.31. The topological polar surface area (TPSA) is 115 Å². The number of carbonyl (C=O) groups excluding carboxylic acids is 3. The van der Waals surface area contributed by atoms with E-state index in [0.29, 0.717) is 24.2 Å². The molecule has 1 aromatic heterocycles. The number of para-hydroxylation sites is 2. The van der Waals surface area contributed by atoms with E-state index in [-0.39, 0.29) is 18.0 Å². The molecule has 0 radical (unpaired) electrons. The first-order chi connectivity index (χ1) is 16.3. The van der Waals surface area contributed by atoms with Crippen molar-refractivity contribution in [2.24, 2.45) is 4.99 Å². The molecule has 0 unspecified atom stereocenters. The van der Waals surface area contributed by atoms with Gasteiger partial charge in [-0.25, -0.2) is 8.42 Å². The molecule has 2 aromatic carbocycles. The Morgan fingerprint density at radius 1 is 1.06 bits per heavy atom. The number of hydrogen-bond donors (Lipinski definition) is 0. The van der Waals surface area contributed by atoms with Gasteiger partial charge in [-0.05, 0) is 37.1 Å². The minimum Gasteiger partial charge on any atom is -0.465 e. The number of ether oxygens (including phenoxy) is 1. The van der Waals surface area contributed by atoms with Crippen molar-refractivity contribution in [2.45, 2.75) is 19.9 Å². The minimum absolute atomic E-state index is 0.163. The second-order valence-corrected chi connectivity index (χ2v) is 10.8. The third-order valence-electron chi connectivity index (χ3n) is 5.28. The Balaban J connectivity index is 1.53. The minimum atomic E-state index is -4.05. The third-order valence-corrected chi connectivity index (χ3v) is 7.71. The van der Waals surface area contributed by atoms with Gasteiger partial charge in [0.15, 0.2) is 14.6 Å². The molecule has 0 spiro atoms. The number of carbonyl (C=O) groups is 3. The molecule has 0 fully saturated rings. The lowest BCUT2D eigenvalue weighted by Crippen LogP contribution is -2.36. The average Bonchev–Trinajstić information content (AvgIpc) is 3.35. The van der Waals surface area contributed by atoms with Crippen molar-refractivity contribution in [1.29, 1.82) is 0 Å². The fraction of sp³-hybridized carbons (Fsp3) is 0.304. The molecule has 9 nitrogen and oxygen atoms in total. The molecule has 0 aliphatic carbocycles. The number of sulfone groups is 1. The molecule has 4 rings (SSSR count). The lowest BCUT2D eigenvalue weighted by molar-refractivity contribution is -0.143. The molecule has 0 saturated carbocycles. The summed E-state index contributed by atoms with van der Waals surface area (Å²) in [4.78, 5) is 42.9. The van der Waals surface area contributed by atoms with Crippen molar-refractivity contribution in [3.05, 3.63) is 58.9 Å². The quantitative estimate of drug-likeness (QED) is 0.455. The highest BCUT2D eigenvalue weighted by Gasteiger charge is 2.29. The van der Waals surface area contributed by atoms with E-state index in [0.717, 1.165) is 21.6 Å². The number of esters is 1. The summed E-state index contributed by atoms with van der Waals surface area (Å²) in [6.45, 7) is 2.14. The van der Waals surface area contributed by atoms with Gasteiger partial charge in [0, 0.05) is 12.2 Å². The summed E-state index contributed by atoms with van der Waals surface area (Å²) in [5, 5.41) is 0. The van der Waals surface area contributed by atoms with Gasteiger partial charge >= 0.3 is 5.97 Å². The van der Waals surface area contributed by atoms with Gasteiger partial charge in [-0.15, -0.1) is 0 Å². The first-order valence-corrected chi connectivity index (χ1v) is 13.3. The van der Waals surface area contributed by atoms with Crippen LogP contribution in [0.2, 0.25) is 0 Å². The number of rotatable bonds is 7. The van der Waals surface area contributed by atoms with Crippen molar-refractivity contribution >= 4 is 54.9 Å². The highest BCUT2D eigenvalue weighted by Crippen LogP contribution is 2.27. The van der Waals surface area contributed by atoms with Gasteiger partial charge in [0.05, 0.1) is 16.8 Å². The van der Waals surface area contributed by atoms with E-state index in [1.807, 2.05) is 24.3 Å². The standard InChI is InChI=1S/C23H23N3O6S2/c1-2-32-22(29)13-26-18-9-5-6-10-19(18)33-23(26)24-20(27)14-34(30,31)15-21(28)25-12-11-16-7-3-4-8-17(16)25/h3-10H,2,11-15H2,1H3. The SMILES string of the molecule is CCOC(=O)Cn1c(=NC(=O)CS(=O)(=O)CC(=O)N2CCc3ccccc32)sc2ccccc21. The van der Waals surface area contributed by atoms with E-state index in [1.54, 1.807) is 31.2 Å². The zero-order valence-corrected chi connectivity index (χ0v) is 20.1. The fourth-order valence-corrected chi connectivity index (χ4v) is 5.96. The second kappa shape index (κ2) is 9.90. The van der Waals surface area contributed by atoms with Crippen LogP contribution in [0.25, 0.3) is 10.2 Å². The van der Waals surface area contributed by atoms with Crippen LogP contribution in [-0.4, -0.2) is 55.4 Å². The molecular formula is C23H23N3O6S2. The lowest BCUT2D eigenvalue weighted by Gasteiger charge is -2.17. The molecule has 2 amide bonds. The molecule has 0 N–H and O–H groups in total. The number of aromatic nitrogens is 1. The van der Waals surface area contributed by atoms with Gasteiger partial charge in [0.2, 0.25) is 5.91 Å². The van der Waals surface area contributed by atoms with E-state index in [4.69, 9.17) is 4.74 Å². The van der Waals surface area contributed by atoms with Gasteiger partial charge in [-0.2, -0.15) is 4.99 Å². The fourth-order valence-electron chi connectivity index (χ4n) is 3.84. The average molecular weight is 502 g/mol. The number of benzene rings is 2. The number of amides is 2. The van der Waals surface area contributed by atoms with Crippen molar-refractivity contribution in [3.8, 4) is 0 Å². The molecule has 11 heteroatoms. The van der Waals surface area contributed by atoms with Gasteiger partial charge in [-0.3, -0.25) is 14.4 Å². The van der Waals surface area contributed by atoms with Crippen LogP contribution in [0.1, 0.15) is 12.5 Å². The molecule has 1 aliphatic rings. The Morgan fingerprint density at radius 3 is 2.59 bits per heavy atom. The van der Waals surface area contributed by atoms with Gasteiger partial charge < -0.3 is 14.2 Å². The third kappa shape index (κ3) is 5.26. The number of thiazole rings is 1. The lowest BCUT2D eigenvalue weighted by atomic mass is 10.2. The van der Waals surface area contributed by atoms with Crippen LogP contribution in [0.5, 0.6) is 0 Å².